The molecule has 0 aliphatic rings. The maximum atomic E-state index is 11.6. The van der Waals surface area contributed by atoms with E-state index in [9.17, 15) is 22.9 Å². The highest BCUT2D eigenvalue weighted by atomic mass is 32.2. The number of nitrogens with zero attached hydrogens (tertiary/aromatic N) is 1. The molecule has 2 rings (SSSR count). The summed E-state index contributed by atoms with van der Waals surface area (Å²) < 4.78 is 33.2. The molecular formula is C14H15NO5S. The zero-order valence-electron chi connectivity index (χ0n) is 11.5. The summed E-state index contributed by atoms with van der Waals surface area (Å²) in [5, 5.41) is 10.9. The number of hydrogen-bond acceptors (Lipinski definition) is 3. The highest BCUT2D eigenvalue weighted by Crippen LogP contribution is 2.30. The van der Waals surface area contributed by atoms with Gasteiger partial charge in [0.15, 0.2) is 0 Å². The van der Waals surface area contributed by atoms with Gasteiger partial charge in [0.2, 0.25) is 0 Å². The minimum atomic E-state index is -4.74. The van der Waals surface area contributed by atoms with Gasteiger partial charge in [0.05, 0.1) is 5.69 Å². The fourth-order valence-corrected chi connectivity index (χ4v) is 3.17. The molecule has 0 heterocycles. The van der Waals surface area contributed by atoms with Gasteiger partial charge in [0.25, 0.3) is 0 Å². The molecule has 6 nitrogen and oxygen atoms in total. The number of carboxylic acid groups (broad SMARTS) is 1. The number of carbonyl (C=O) groups is 1. The maximum absolute atomic E-state index is 11.6. The number of benzene rings is 2. The van der Waals surface area contributed by atoms with Crippen LogP contribution in [0.3, 0.4) is 0 Å². The third-order valence-electron chi connectivity index (χ3n) is 3.23. The summed E-state index contributed by atoms with van der Waals surface area (Å²) in [6, 6.07) is 11.9. The summed E-state index contributed by atoms with van der Waals surface area (Å²) in [6.07, 6.45) is 0. The first-order valence-corrected chi connectivity index (χ1v) is 7.54. The number of hydrogen-bond donors (Lipinski definition) is 2. The first kappa shape index (κ1) is 15.3. The van der Waals surface area contributed by atoms with Gasteiger partial charge in [-0.15, -0.1) is 0 Å². The van der Waals surface area contributed by atoms with Crippen molar-refractivity contribution in [2.75, 3.05) is 4.31 Å². The molecule has 2 aromatic rings. The molecule has 0 atom stereocenters. The van der Waals surface area contributed by atoms with Gasteiger partial charge < -0.3 is 5.11 Å². The summed E-state index contributed by atoms with van der Waals surface area (Å²) in [6.45, 7) is 2.41. The van der Waals surface area contributed by atoms with Gasteiger partial charge in [-0.3, -0.25) is 4.55 Å². The van der Waals surface area contributed by atoms with Crippen LogP contribution >= 0.6 is 0 Å². The third kappa shape index (κ3) is 2.84. The Morgan fingerprint density at radius 2 is 1.67 bits per heavy atom. The molecule has 0 aliphatic heterocycles. The molecule has 0 bridgehead atoms. The monoisotopic (exact) mass is 309 g/mol. The van der Waals surface area contributed by atoms with E-state index in [0.29, 0.717) is 4.31 Å². The molecule has 0 amide bonds. The minimum Gasteiger partial charge on any atom is -0.479 e. The second-order valence-electron chi connectivity index (χ2n) is 5.14. The molecule has 0 radical (unpaired) electrons. The van der Waals surface area contributed by atoms with Crippen LogP contribution in [0.25, 0.3) is 10.8 Å². The zero-order valence-corrected chi connectivity index (χ0v) is 12.3. The lowest BCUT2D eigenvalue weighted by atomic mass is 10.0. The van der Waals surface area contributed by atoms with Crippen molar-refractivity contribution in [1.82, 2.24) is 0 Å². The van der Waals surface area contributed by atoms with E-state index in [0.717, 1.165) is 10.8 Å². The summed E-state index contributed by atoms with van der Waals surface area (Å²) in [4.78, 5) is 11.3. The molecule has 0 unspecified atom stereocenters. The van der Waals surface area contributed by atoms with Crippen LogP contribution in [-0.4, -0.2) is 29.6 Å². The van der Waals surface area contributed by atoms with E-state index >= 15 is 0 Å². The fourth-order valence-electron chi connectivity index (χ4n) is 2.13. The zero-order chi connectivity index (χ0) is 15.8. The smallest absolute Gasteiger partial charge is 0.361 e. The maximum Gasteiger partial charge on any atom is 0.361 e. The Kier molecular flexibility index (Phi) is 3.65. The van der Waals surface area contributed by atoms with Crippen molar-refractivity contribution >= 4 is 32.7 Å². The van der Waals surface area contributed by atoms with Crippen molar-refractivity contribution in [3.05, 3.63) is 42.5 Å². The molecule has 2 aromatic carbocycles. The van der Waals surface area contributed by atoms with Crippen LogP contribution in [-0.2, 0) is 15.1 Å². The molecule has 0 aliphatic carbocycles. The van der Waals surface area contributed by atoms with Crippen LogP contribution in [0.2, 0.25) is 0 Å². The Bertz CT molecular complexity index is 798. The van der Waals surface area contributed by atoms with Gasteiger partial charge in [0, 0.05) is 0 Å². The molecular weight excluding hydrogens is 294 g/mol. The SMILES string of the molecule is CC(C)(C(=O)O)N(c1ccc2ccccc2c1)S(=O)(=O)O. The average molecular weight is 309 g/mol. The van der Waals surface area contributed by atoms with E-state index in [1.807, 2.05) is 12.1 Å². The van der Waals surface area contributed by atoms with Crippen molar-refractivity contribution < 1.29 is 22.9 Å². The highest BCUT2D eigenvalue weighted by Gasteiger charge is 2.41. The molecule has 0 spiro atoms. The summed E-state index contributed by atoms with van der Waals surface area (Å²) >= 11 is 0. The third-order valence-corrected chi connectivity index (χ3v) is 4.36. The Balaban J connectivity index is 2.68. The van der Waals surface area contributed by atoms with E-state index in [4.69, 9.17) is 0 Å². The number of rotatable bonds is 4. The second-order valence-corrected chi connectivity index (χ2v) is 6.40. The molecule has 0 saturated carbocycles. The van der Waals surface area contributed by atoms with E-state index in [1.54, 1.807) is 18.2 Å². The number of anilines is 1. The average Bonchev–Trinajstić information content (AvgIpc) is 2.36. The second kappa shape index (κ2) is 5.01. The van der Waals surface area contributed by atoms with Crippen molar-refractivity contribution in [2.24, 2.45) is 0 Å². The number of aliphatic carboxylic acids is 1. The Morgan fingerprint density at radius 3 is 2.19 bits per heavy atom. The molecule has 0 aromatic heterocycles. The van der Waals surface area contributed by atoms with Crippen molar-refractivity contribution in [3.8, 4) is 0 Å². The van der Waals surface area contributed by atoms with Gasteiger partial charge in [0.1, 0.15) is 5.54 Å². The van der Waals surface area contributed by atoms with Crippen LogP contribution in [0.1, 0.15) is 13.8 Å². The standard InChI is InChI=1S/C14H15NO5S/c1-14(2,13(16)17)15(21(18,19)20)12-8-7-10-5-3-4-6-11(10)9-12/h3-9H,1-2H3,(H,16,17)(H,18,19,20). The van der Waals surface area contributed by atoms with E-state index in [2.05, 4.69) is 0 Å². The van der Waals surface area contributed by atoms with E-state index in [1.165, 1.54) is 26.0 Å². The summed E-state index contributed by atoms with van der Waals surface area (Å²) in [5.41, 5.74) is -1.74. The van der Waals surface area contributed by atoms with Gasteiger partial charge in [-0.25, -0.2) is 9.10 Å². The lowest BCUT2D eigenvalue weighted by Crippen LogP contribution is -2.53. The fraction of sp³-hybridized carbons (Fsp3) is 0.214. The normalized spacial score (nSPS) is 12.3. The van der Waals surface area contributed by atoms with E-state index in [-0.39, 0.29) is 5.69 Å². The molecule has 0 saturated heterocycles. The Labute approximate surface area is 122 Å². The first-order valence-electron chi connectivity index (χ1n) is 6.14. The van der Waals surface area contributed by atoms with Crippen LogP contribution in [0.15, 0.2) is 42.5 Å². The molecule has 0 fully saturated rings. The number of carboxylic acids is 1. The summed E-state index contributed by atoms with van der Waals surface area (Å²) in [7, 11) is -4.74. The Hall–Kier alpha value is -2.12. The van der Waals surface area contributed by atoms with Crippen LogP contribution < -0.4 is 4.31 Å². The molecule has 2 N–H and O–H groups in total. The lowest BCUT2D eigenvalue weighted by Gasteiger charge is -2.33. The molecule has 112 valence electrons. The minimum absolute atomic E-state index is 0.0867. The van der Waals surface area contributed by atoms with Crippen LogP contribution in [0, 0.1) is 0 Å². The lowest BCUT2D eigenvalue weighted by molar-refractivity contribution is -0.141. The quantitative estimate of drug-likeness (QED) is 0.845. The summed E-state index contributed by atoms with van der Waals surface area (Å²) in [5.74, 6) is -1.37. The predicted octanol–water partition coefficient (Wildman–Crippen LogP) is 2.31. The van der Waals surface area contributed by atoms with Crippen molar-refractivity contribution in [2.45, 2.75) is 19.4 Å². The van der Waals surface area contributed by atoms with Crippen LogP contribution in [0.4, 0.5) is 5.69 Å². The van der Waals surface area contributed by atoms with Crippen molar-refractivity contribution in [3.63, 3.8) is 0 Å². The van der Waals surface area contributed by atoms with Crippen molar-refractivity contribution in [1.29, 1.82) is 0 Å². The number of fused-ring (bicyclic) bond motifs is 1. The first-order chi connectivity index (χ1) is 9.64. The van der Waals surface area contributed by atoms with E-state index < -0.39 is 21.8 Å². The van der Waals surface area contributed by atoms with Gasteiger partial charge >= 0.3 is 16.3 Å². The van der Waals surface area contributed by atoms with Gasteiger partial charge in [-0.2, -0.15) is 8.42 Å². The van der Waals surface area contributed by atoms with Crippen LogP contribution in [0.5, 0.6) is 0 Å². The highest BCUT2D eigenvalue weighted by molar-refractivity contribution is 7.87. The predicted molar refractivity (Wildman–Crippen MR) is 79.7 cm³/mol. The molecule has 21 heavy (non-hydrogen) atoms. The molecule has 7 heteroatoms. The van der Waals surface area contributed by atoms with Gasteiger partial charge in [-0.1, -0.05) is 30.3 Å². The Morgan fingerprint density at radius 1 is 1.10 bits per heavy atom. The largest absolute Gasteiger partial charge is 0.479 e. The topological polar surface area (TPSA) is 94.9 Å². The van der Waals surface area contributed by atoms with Gasteiger partial charge in [-0.05, 0) is 36.8 Å².